The average Bonchev–Trinajstić information content (AvgIpc) is 3.49. The molecule has 308 valence electrons. The number of benzene rings is 4. The quantitative estimate of drug-likeness (QED) is 0.135. The van der Waals surface area contributed by atoms with Gasteiger partial charge < -0.3 is 28.8 Å². The van der Waals surface area contributed by atoms with E-state index in [1.807, 2.05) is 0 Å². The maximum atomic E-state index is 13.6. The van der Waals surface area contributed by atoms with Crippen LogP contribution >= 0.6 is 11.6 Å². The molecule has 1 aromatic heterocycles. The van der Waals surface area contributed by atoms with E-state index in [0.717, 1.165) is 24.3 Å². The standard InChI is InChI=1S/C20H14ClF6NO3.C17H14F6O3/c1-11-16(28-17(31-11)12-4-2-6-14(21)8-12)10-30-15-7-3-5-13(9-15)18(29,19(22,23)24)20(25,26)27;1-25-14-7-5-11(6-8-14)10-26-15(16(18,19)20,17(21,22)23)12-3-2-4-13(24)9-12/h2-9,29H,10H2,1H3;2-9,24H,10H2,1H3. The molecule has 0 aliphatic rings. The summed E-state index contributed by atoms with van der Waals surface area (Å²) in [6.07, 6.45) is -23.6. The number of rotatable bonds is 10. The molecule has 0 aliphatic heterocycles. The van der Waals surface area contributed by atoms with Gasteiger partial charge in [0, 0.05) is 21.7 Å². The fourth-order valence-electron chi connectivity index (χ4n) is 5.13. The second-order valence-electron chi connectivity index (χ2n) is 11.9. The summed E-state index contributed by atoms with van der Waals surface area (Å²) in [6, 6.07) is 17.9. The highest BCUT2D eigenvalue weighted by atomic mass is 35.5. The third kappa shape index (κ3) is 9.70. The van der Waals surface area contributed by atoms with Gasteiger partial charge in [-0.1, -0.05) is 54.1 Å². The largest absolute Gasteiger partial charge is 0.508 e. The van der Waals surface area contributed by atoms with E-state index >= 15 is 0 Å². The van der Waals surface area contributed by atoms with E-state index in [1.165, 1.54) is 31.4 Å². The van der Waals surface area contributed by atoms with Crippen molar-refractivity contribution >= 4 is 11.6 Å². The number of aliphatic hydroxyl groups is 1. The molecule has 7 nitrogen and oxygen atoms in total. The van der Waals surface area contributed by atoms with Gasteiger partial charge in [0.1, 0.15) is 35.3 Å². The van der Waals surface area contributed by atoms with Gasteiger partial charge in [0.15, 0.2) is 0 Å². The highest BCUT2D eigenvalue weighted by Gasteiger charge is 2.74. The summed E-state index contributed by atoms with van der Waals surface area (Å²) in [7, 11) is 1.37. The van der Waals surface area contributed by atoms with Gasteiger partial charge >= 0.3 is 24.7 Å². The first-order chi connectivity index (χ1) is 26.3. The van der Waals surface area contributed by atoms with Crippen molar-refractivity contribution in [3.05, 3.63) is 130 Å². The highest BCUT2D eigenvalue weighted by Crippen LogP contribution is 2.54. The molecule has 0 atom stereocenters. The smallest absolute Gasteiger partial charge is 0.430 e. The van der Waals surface area contributed by atoms with E-state index in [-0.39, 0.29) is 29.5 Å². The van der Waals surface area contributed by atoms with Gasteiger partial charge in [-0.2, -0.15) is 52.7 Å². The van der Waals surface area contributed by atoms with Gasteiger partial charge in [-0.05, 0) is 67.1 Å². The molecular weight excluding hydrogens is 818 g/mol. The molecule has 0 fully saturated rings. The predicted molar refractivity (Wildman–Crippen MR) is 178 cm³/mol. The Balaban J connectivity index is 0.000000257. The van der Waals surface area contributed by atoms with Crippen LogP contribution in [-0.4, -0.2) is 47.0 Å². The number of alkyl halides is 12. The second kappa shape index (κ2) is 16.8. The monoisotopic (exact) mass is 845 g/mol. The van der Waals surface area contributed by atoms with Crippen LogP contribution in [0.2, 0.25) is 5.02 Å². The van der Waals surface area contributed by atoms with Gasteiger partial charge in [0.25, 0.3) is 11.2 Å². The van der Waals surface area contributed by atoms with E-state index < -0.39 is 59.4 Å². The third-order valence-corrected chi connectivity index (χ3v) is 8.31. The van der Waals surface area contributed by atoms with Crippen LogP contribution in [0.15, 0.2) is 101 Å². The van der Waals surface area contributed by atoms with Crippen LogP contribution in [0.3, 0.4) is 0 Å². The van der Waals surface area contributed by atoms with Crippen LogP contribution < -0.4 is 9.47 Å². The Kier molecular flexibility index (Phi) is 13.1. The van der Waals surface area contributed by atoms with Gasteiger partial charge in [0.2, 0.25) is 5.89 Å². The average molecular weight is 846 g/mol. The van der Waals surface area contributed by atoms with Gasteiger partial charge in [-0.15, -0.1) is 0 Å². The normalized spacial score (nSPS) is 12.8. The van der Waals surface area contributed by atoms with E-state index in [0.29, 0.717) is 46.4 Å². The van der Waals surface area contributed by atoms with Crippen LogP contribution in [0.5, 0.6) is 17.2 Å². The first kappa shape index (κ1) is 44.6. The first-order valence-corrected chi connectivity index (χ1v) is 16.2. The van der Waals surface area contributed by atoms with E-state index in [1.54, 1.807) is 31.2 Å². The molecule has 4 aromatic carbocycles. The van der Waals surface area contributed by atoms with Crippen molar-refractivity contribution in [3.8, 4) is 28.7 Å². The molecule has 0 amide bonds. The SMILES string of the molecule is COc1ccc(COC(c2cccc(O)c2)(C(F)(F)F)C(F)(F)F)cc1.Cc1oc(-c2cccc(Cl)c2)nc1COc1cccc(C(O)(C(F)(F)F)C(F)(F)F)c1. The van der Waals surface area contributed by atoms with Crippen LogP contribution in [-0.2, 0) is 29.2 Å². The number of nitrogens with zero attached hydrogens (tertiary/aromatic N) is 1. The number of oxazole rings is 1. The van der Waals surface area contributed by atoms with Crippen molar-refractivity contribution in [1.82, 2.24) is 4.98 Å². The molecule has 20 heteroatoms. The topological polar surface area (TPSA) is 94.2 Å². The van der Waals surface area contributed by atoms with Crippen molar-refractivity contribution in [3.63, 3.8) is 0 Å². The minimum atomic E-state index is -5.99. The molecule has 0 saturated heterocycles. The minimum absolute atomic E-state index is 0.0869. The number of methoxy groups -OCH3 is 1. The third-order valence-electron chi connectivity index (χ3n) is 8.08. The predicted octanol–water partition coefficient (Wildman–Crippen LogP) is 11.1. The molecule has 5 rings (SSSR count). The first-order valence-electron chi connectivity index (χ1n) is 15.8. The zero-order valence-electron chi connectivity index (χ0n) is 29.0. The second-order valence-corrected chi connectivity index (χ2v) is 12.4. The van der Waals surface area contributed by atoms with Gasteiger partial charge in [-0.25, -0.2) is 4.98 Å². The lowest BCUT2D eigenvalue weighted by Crippen LogP contribution is -2.55. The summed E-state index contributed by atoms with van der Waals surface area (Å²) in [4.78, 5) is 4.23. The summed E-state index contributed by atoms with van der Waals surface area (Å²) in [5.41, 5.74) is -11.4. The molecule has 0 bridgehead atoms. The molecule has 0 spiro atoms. The number of aromatic nitrogens is 1. The summed E-state index contributed by atoms with van der Waals surface area (Å²) < 4.78 is 180. The summed E-state index contributed by atoms with van der Waals surface area (Å²) in [5.74, 6) is -0.117. The highest BCUT2D eigenvalue weighted by molar-refractivity contribution is 6.30. The molecule has 1 heterocycles. The zero-order chi connectivity index (χ0) is 42.6. The van der Waals surface area contributed by atoms with Crippen molar-refractivity contribution in [2.75, 3.05) is 7.11 Å². The molecule has 0 aliphatic carbocycles. The Morgan fingerprint density at radius 1 is 0.667 bits per heavy atom. The lowest BCUT2D eigenvalue weighted by molar-refractivity contribution is -0.392. The Bertz CT molecular complexity index is 2080. The fourth-order valence-corrected chi connectivity index (χ4v) is 5.32. The van der Waals surface area contributed by atoms with Crippen LogP contribution in [0.4, 0.5) is 52.7 Å². The van der Waals surface area contributed by atoms with Crippen LogP contribution in [0.25, 0.3) is 11.5 Å². The lowest BCUT2D eigenvalue weighted by Gasteiger charge is -2.37. The number of phenolic OH excluding ortho intramolecular Hbond substituents is 1. The number of hydrogen-bond donors (Lipinski definition) is 2. The molecular formula is C37H28ClF12NO6. The number of hydrogen-bond acceptors (Lipinski definition) is 7. The Hall–Kier alpha value is -5.14. The van der Waals surface area contributed by atoms with Crippen molar-refractivity contribution in [2.24, 2.45) is 0 Å². The van der Waals surface area contributed by atoms with Crippen molar-refractivity contribution in [2.45, 2.75) is 56.0 Å². The Morgan fingerprint density at radius 3 is 1.79 bits per heavy atom. The molecule has 2 N–H and O–H groups in total. The summed E-state index contributed by atoms with van der Waals surface area (Å²) >= 11 is 5.92. The van der Waals surface area contributed by atoms with E-state index in [4.69, 9.17) is 25.5 Å². The van der Waals surface area contributed by atoms with Crippen LogP contribution in [0, 0.1) is 6.92 Å². The molecule has 5 aromatic rings. The number of aryl methyl sites for hydroxylation is 1. The zero-order valence-corrected chi connectivity index (χ0v) is 29.8. The van der Waals surface area contributed by atoms with E-state index in [9.17, 15) is 62.9 Å². The Labute approximate surface area is 320 Å². The fraction of sp³-hybridized carbons (Fsp3) is 0.270. The number of aromatic hydroxyl groups is 1. The maximum Gasteiger partial charge on any atom is 0.430 e. The summed E-state index contributed by atoms with van der Waals surface area (Å²) in [5, 5.41) is 19.3. The lowest BCUT2D eigenvalue weighted by atomic mass is 9.91. The molecule has 0 radical (unpaired) electrons. The maximum absolute atomic E-state index is 13.6. The number of phenols is 1. The van der Waals surface area contributed by atoms with Crippen LogP contribution in [0.1, 0.15) is 28.1 Å². The Morgan fingerprint density at radius 2 is 1.25 bits per heavy atom. The van der Waals surface area contributed by atoms with Crippen molar-refractivity contribution in [1.29, 1.82) is 0 Å². The molecule has 57 heavy (non-hydrogen) atoms. The number of halogens is 13. The molecule has 0 saturated carbocycles. The van der Waals surface area contributed by atoms with Gasteiger partial charge in [-0.3, -0.25) is 0 Å². The van der Waals surface area contributed by atoms with Crippen molar-refractivity contribution < 1.29 is 81.5 Å². The minimum Gasteiger partial charge on any atom is -0.508 e. The van der Waals surface area contributed by atoms with E-state index in [2.05, 4.69) is 9.72 Å². The molecule has 0 unspecified atom stereocenters. The summed E-state index contributed by atoms with van der Waals surface area (Å²) in [6.45, 7) is 0.316. The van der Waals surface area contributed by atoms with Gasteiger partial charge in [0.05, 0.1) is 13.7 Å². The number of ether oxygens (including phenoxy) is 3.